The van der Waals surface area contributed by atoms with Gasteiger partial charge in [0.25, 0.3) is 0 Å². The molecule has 2 atom stereocenters. The Morgan fingerprint density at radius 2 is 2.29 bits per heavy atom. The minimum atomic E-state index is 0.492. The SMILES string of the molecule is CSCCC(C)NC(C)c1cccs1. The first-order valence-corrected chi connectivity index (χ1v) is 7.29. The molecule has 0 radical (unpaired) electrons. The molecule has 0 amide bonds. The van der Waals surface area contributed by atoms with Crippen molar-refractivity contribution >= 4 is 23.1 Å². The molecule has 80 valence electrons. The van der Waals surface area contributed by atoms with Crippen LogP contribution >= 0.6 is 23.1 Å². The Bertz CT molecular complexity index is 233. The summed E-state index contributed by atoms with van der Waals surface area (Å²) in [7, 11) is 0. The summed E-state index contributed by atoms with van der Waals surface area (Å²) >= 11 is 3.75. The smallest absolute Gasteiger partial charge is 0.0388 e. The summed E-state index contributed by atoms with van der Waals surface area (Å²) < 4.78 is 0. The third-order valence-electron chi connectivity index (χ3n) is 2.26. The summed E-state index contributed by atoms with van der Waals surface area (Å²) in [5.41, 5.74) is 0. The van der Waals surface area contributed by atoms with Crippen molar-refractivity contribution in [2.45, 2.75) is 32.4 Å². The highest BCUT2D eigenvalue weighted by molar-refractivity contribution is 7.98. The molecular formula is C11H19NS2. The van der Waals surface area contributed by atoms with Crippen molar-refractivity contribution in [1.29, 1.82) is 0 Å². The second-order valence-corrected chi connectivity index (χ2v) is 5.55. The third-order valence-corrected chi connectivity index (χ3v) is 3.96. The Hall–Kier alpha value is 0.01000. The van der Waals surface area contributed by atoms with Crippen LogP contribution in [0.4, 0.5) is 0 Å². The molecule has 2 unspecified atom stereocenters. The molecule has 0 fully saturated rings. The van der Waals surface area contributed by atoms with Crippen LogP contribution in [0.1, 0.15) is 31.2 Å². The molecule has 1 rings (SSSR count). The van der Waals surface area contributed by atoms with Crippen molar-refractivity contribution in [1.82, 2.24) is 5.32 Å². The molecule has 1 heterocycles. The quantitative estimate of drug-likeness (QED) is 0.801. The van der Waals surface area contributed by atoms with Gasteiger partial charge in [-0.3, -0.25) is 0 Å². The van der Waals surface area contributed by atoms with E-state index in [-0.39, 0.29) is 0 Å². The lowest BCUT2D eigenvalue weighted by Crippen LogP contribution is -2.28. The lowest BCUT2D eigenvalue weighted by Gasteiger charge is -2.18. The van der Waals surface area contributed by atoms with Gasteiger partial charge in [-0.25, -0.2) is 0 Å². The van der Waals surface area contributed by atoms with Crippen LogP contribution < -0.4 is 5.32 Å². The summed E-state index contributed by atoms with van der Waals surface area (Å²) in [4.78, 5) is 1.43. The second kappa shape index (κ2) is 6.49. The summed E-state index contributed by atoms with van der Waals surface area (Å²) in [5.74, 6) is 1.24. The van der Waals surface area contributed by atoms with E-state index in [1.165, 1.54) is 17.1 Å². The van der Waals surface area contributed by atoms with Crippen molar-refractivity contribution in [3.05, 3.63) is 22.4 Å². The van der Waals surface area contributed by atoms with E-state index >= 15 is 0 Å². The first-order chi connectivity index (χ1) is 6.74. The zero-order chi connectivity index (χ0) is 10.4. The molecule has 1 aromatic rings. The Morgan fingerprint density at radius 3 is 2.86 bits per heavy atom. The zero-order valence-electron chi connectivity index (χ0n) is 9.12. The van der Waals surface area contributed by atoms with Crippen LogP contribution in [0.5, 0.6) is 0 Å². The van der Waals surface area contributed by atoms with Crippen LogP contribution in [-0.2, 0) is 0 Å². The number of thiophene rings is 1. The van der Waals surface area contributed by atoms with Crippen LogP contribution in [0.25, 0.3) is 0 Å². The first-order valence-electron chi connectivity index (χ1n) is 5.02. The monoisotopic (exact) mass is 229 g/mol. The minimum absolute atomic E-state index is 0.492. The fraction of sp³-hybridized carbons (Fsp3) is 0.636. The van der Waals surface area contributed by atoms with Gasteiger partial charge in [-0.05, 0) is 43.7 Å². The zero-order valence-corrected chi connectivity index (χ0v) is 10.8. The summed E-state index contributed by atoms with van der Waals surface area (Å²) in [6.07, 6.45) is 3.41. The number of rotatable bonds is 6. The largest absolute Gasteiger partial charge is 0.307 e. The molecule has 0 aliphatic heterocycles. The van der Waals surface area contributed by atoms with Gasteiger partial charge in [-0.2, -0.15) is 11.8 Å². The molecule has 0 saturated carbocycles. The number of thioether (sulfide) groups is 1. The van der Waals surface area contributed by atoms with E-state index in [1.807, 2.05) is 23.1 Å². The van der Waals surface area contributed by atoms with Gasteiger partial charge in [0.2, 0.25) is 0 Å². The van der Waals surface area contributed by atoms with Crippen molar-refractivity contribution in [2.75, 3.05) is 12.0 Å². The van der Waals surface area contributed by atoms with E-state index in [1.54, 1.807) is 0 Å². The maximum Gasteiger partial charge on any atom is 0.0388 e. The van der Waals surface area contributed by atoms with Crippen molar-refractivity contribution < 1.29 is 0 Å². The van der Waals surface area contributed by atoms with Gasteiger partial charge in [-0.1, -0.05) is 6.07 Å². The molecule has 0 bridgehead atoms. The third kappa shape index (κ3) is 4.03. The van der Waals surface area contributed by atoms with Gasteiger partial charge in [0.1, 0.15) is 0 Å². The van der Waals surface area contributed by atoms with Gasteiger partial charge < -0.3 is 5.32 Å². The van der Waals surface area contributed by atoms with Crippen LogP contribution in [-0.4, -0.2) is 18.1 Å². The first kappa shape index (κ1) is 12.1. The van der Waals surface area contributed by atoms with Gasteiger partial charge in [0.05, 0.1) is 0 Å². The van der Waals surface area contributed by atoms with Crippen LogP contribution in [0.2, 0.25) is 0 Å². The van der Waals surface area contributed by atoms with Crippen LogP contribution in [0.3, 0.4) is 0 Å². The lowest BCUT2D eigenvalue weighted by atomic mass is 10.2. The Balaban J connectivity index is 2.29. The fourth-order valence-corrected chi connectivity index (χ4v) is 2.76. The molecule has 0 aliphatic rings. The van der Waals surface area contributed by atoms with Gasteiger partial charge in [-0.15, -0.1) is 11.3 Å². The van der Waals surface area contributed by atoms with Gasteiger partial charge in [0.15, 0.2) is 0 Å². The summed E-state index contributed by atoms with van der Waals surface area (Å²) in [6.45, 7) is 4.50. The van der Waals surface area contributed by atoms with Crippen LogP contribution in [0, 0.1) is 0 Å². The maximum absolute atomic E-state index is 3.61. The second-order valence-electron chi connectivity index (χ2n) is 3.59. The molecule has 14 heavy (non-hydrogen) atoms. The molecule has 1 N–H and O–H groups in total. The van der Waals surface area contributed by atoms with E-state index in [0.717, 1.165) is 0 Å². The average molecular weight is 229 g/mol. The number of hydrogen-bond donors (Lipinski definition) is 1. The molecule has 3 heteroatoms. The van der Waals surface area contributed by atoms with E-state index in [4.69, 9.17) is 0 Å². The topological polar surface area (TPSA) is 12.0 Å². The van der Waals surface area contributed by atoms with E-state index in [2.05, 4.69) is 42.9 Å². The Kier molecular flexibility index (Phi) is 5.60. The fourth-order valence-electron chi connectivity index (χ4n) is 1.42. The minimum Gasteiger partial charge on any atom is -0.307 e. The molecule has 0 spiro atoms. The number of hydrogen-bond acceptors (Lipinski definition) is 3. The highest BCUT2D eigenvalue weighted by Crippen LogP contribution is 2.19. The van der Waals surface area contributed by atoms with E-state index in [9.17, 15) is 0 Å². The summed E-state index contributed by atoms with van der Waals surface area (Å²) in [6, 6.07) is 5.42. The highest BCUT2D eigenvalue weighted by Gasteiger charge is 2.09. The molecule has 0 aromatic carbocycles. The molecule has 0 saturated heterocycles. The molecule has 0 aliphatic carbocycles. The average Bonchev–Trinajstić information content (AvgIpc) is 2.67. The standard InChI is InChI=1S/C11H19NS2/c1-9(6-8-13-3)12-10(2)11-5-4-7-14-11/h4-5,7,9-10,12H,6,8H2,1-3H3. The normalized spacial score (nSPS) is 15.4. The lowest BCUT2D eigenvalue weighted by molar-refractivity contribution is 0.476. The molecule has 1 nitrogen and oxygen atoms in total. The van der Waals surface area contributed by atoms with E-state index < -0.39 is 0 Å². The van der Waals surface area contributed by atoms with E-state index in [0.29, 0.717) is 12.1 Å². The highest BCUT2D eigenvalue weighted by atomic mass is 32.2. The van der Waals surface area contributed by atoms with Crippen molar-refractivity contribution in [3.8, 4) is 0 Å². The Labute approximate surface area is 95.3 Å². The molecule has 1 aromatic heterocycles. The summed E-state index contributed by atoms with van der Waals surface area (Å²) in [5, 5.41) is 5.75. The van der Waals surface area contributed by atoms with Crippen LogP contribution in [0.15, 0.2) is 17.5 Å². The van der Waals surface area contributed by atoms with Crippen molar-refractivity contribution in [2.24, 2.45) is 0 Å². The number of nitrogens with one attached hydrogen (secondary N) is 1. The maximum atomic E-state index is 3.61. The molecular weight excluding hydrogens is 210 g/mol. The van der Waals surface area contributed by atoms with Gasteiger partial charge in [0, 0.05) is 17.0 Å². The van der Waals surface area contributed by atoms with Crippen molar-refractivity contribution in [3.63, 3.8) is 0 Å². The van der Waals surface area contributed by atoms with Gasteiger partial charge >= 0.3 is 0 Å². The predicted octanol–water partition coefficient (Wildman–Crippen LogP) is 3.54. The Morgan fingerprint density at radius 1 is 1.50 bits per heavy atom. The predicted molar refractivity (Wildman–Crippen MR) is 68.3 cm³/mol.